The highest BCUT2D eigenvalue weighted by molar-refractivity contribution is 5.83. The average molecular weight is 254 g/mol. The second kappa shape index (κ2) is 5.17. The van der Waals surface area contributed by atoms with Gasteiger partial charge in [0.05, 0.1) is 12.1 Å². The smallest absolute Gasteiger partial charge is 0.224 e. The van der Waals surface area contributed by atoms with Gasteiger partial charge < -0.3 is 15.4 Å². The molecule has 1 saturated heterocycles. The molecule has 2 rings (SSSR count). The molecular weight excluding hydrogens is 228 g/mol. The van der Waals surface area contributed by atoms with Crippen LogP contribution < -0.4 is 10.6 Å². The fourth-order valence-corrected chi connectivity index (χ4v) is 3.01. The number of rotatable bonds is 5. The lowest BCUT2D eigenvalue weighted by Gasteiger charge is -2.28. The topological polar surface area (TPSA) is 50.4 Å². The zero-order valence-electron chi connectivity index (χ0n) is 11.8. The summed E-state index contributed by atoms with van der Waals surface area (Å²) in [6, 6.07) is 0. The van der Waals surface area contributed by atoms with E-state index in [2.05, 4.69) is 10.6 Å². The summed E-state index contributed by atoms with van der Waals surface area (Å²) in [7, 11) is 0. The molecule has 2 fully saturated rings. The number of nitrogens with one attached hydrogen (secondary N) is 2. The second-order valence-corrected chi connectivity index (χ2v) is 6.38. The monoisotopic (exact) mass is 254 g/mol. The van der Waals surface area contributed by atoms with Crippen molar-refractivity contribution in [2.24, 2.45) is 11.3 Å². The third-order valence-electron chi connectivity index (χ3n) is 4.23. The minimum atomic E-state index is -0.260. The summed E-state index contributed by atoms with van der Waals surface area (Å²) < 4.78 is 5.41. The van der Waals surface area contributed by atoms with Crippen LogP contribution in [0.2, 0.25) is 0 Å². The number of amides is 1. The van der Waals surface area contributed by atoms with Crippen molar-refractivity contribution >= 4 is 5.91 Å². The van der Waals surface area contributed by atoms with Gasteiger partial charge in [0.2, 0.25) is 5.91 Å². The van der Waals surface area contributed by atoms with Crippen LogP contribution in [-0.4, -0.2) is 37.7 Å². The van der Waals surface area contributed by atoms with Gasteiger partial charge in [-0.05, 0) is 58.5 Å². The van der Waals surface area contributed by atoms with Crippen LogP contribution >= 0.6 is 0 Å². The molecule has 1 aliphatic carbocycles. The summed E-state index contributed by atoms with van der Waals surface area (Å²) in [4.78, 5) is 12.3. The van der Waals surface area contributed by atoms with Crippen LogP contribution in [0.3, 0.4) is 0 Å². The molecule has 104 valence electrons. The summed E-state index contributed by atoms with van der Waals surface area (Å²) in [6.45, 7) is 9.42. The number of hydrogen-bond donors (Lipinski definition) is 2. The number of carbonyl (C=O) groups is 1. The minimum Gasteiger partial charge on any atom is -0.379 e. The lowest BCUT2D eigenvalue weighted by molar-refractivity contribution is -0.125. The van der Waals surface area contributed by atoms with Gasteiger partial charge in [-0.15, -0.1) is 0 Å². The van der Waals surface area contributed by atoms with Crippen molar-refractivity contribution in [2.45, 2.75) is 45.6 Å². The molecule has 4 heteroatoms. The van der Waals surface area contributed by atoms with E-state index in [-0.39, 0.29) is 17.4 Å². The molecule has 1 heterocycles. The molecule has 2 N–H and O–H groups in total. The van der Waals surface area contributed by atoms with Crippen LogP contribution in [0, 0.1) is 11.3 Å². The molecule has 2 aliphatic rings. The Hall–Kier alpha value is -0.610. The van der Waals surface area contributed by atoms with Crippen molar-refractivity contribution in [3.63, 3.8) is 0 Å². The van der Waals surface area contributed by atoms with Crippen molar-refractivity contribution in [1.29, 1.82) is 0 Å². The summed E-state index contributed by atoms with van der Waals surface area (Å²) >= 11 is 0. The van der Waals surface area contributed by atoms with E-state index in [1.165, 1.54) is 0 Å². The Kier molecular flexibility index (Phi) is 3.97. The van der Waals surface area contributed by atoms with E-state index < -0.39 is 0 Å². The second-order valence-electron chi connectivity index (χ2n) is 6.38. The lowest BCUT2D eigenvalue weighted by Crippen LogP contribution is -2.48. The minimum absolute atomic E-state index is 0.224. The van der Waals surface area contributed by atoms with Crippen LogP contribution in [0.5, 0.6) is 0 Å². The number of ether oxygens (including phenoxy) is 1. The molecule has 1 spiro atoms. The number of hydrogen-bond acceptors (Lipinski definition) is 3. The SMILES string of the molecule is CCOCC(C)(C)NC(=O)[C@H]1CC12CCNCC2. The van der Waals surface area contributed by atoms with Crippen LogP contribution in [0.1, 0.15) is 40.0 Å². The van der Waals surface area contributed by atoms with Gasteiger partial charge in [-0.3, -0.25) is 4.79 Å². The zero-order chi connectivity index (χ0) is 13.2. The summed E-state index contributed by atoms with van der Waals surface area (Å²) in [5, 5.41) is 6.50. The number of carbonyl (C=O) groups excluding carboxylic acids is 1. The predicted octanol–water partition coefficient (Wildman–Crippen LogP) is 1.31. The molecule has 4 nitrogen and oxygen atoms in total. The van der Waals surface area contributed by atoms with Crippen molar-refractivity contribution < 1.29 is 9.53 Å². The van der Waals surface area contributed by atoms with Crippen molar-refractivity contribution in [3.05, 3.63) is 0 Å². The van der Waals surface area contributed by atoms with E-state index >= 15 is 0 Å². The summed E-state index contributed by atoms with van der Waals surface area (Å²) in [5.74, 6) is 0.460. The van der Waals surface area contributed by atoms with Gasteiger partial charge in [-0.2, -0.15) is 0 Å². The zero-order valence-corrected chi connectivity index (χ0v) is 11.8. The highest BCUT2D eigenvalue weighted by Gasteiger charge is 2.58. The molecular formula is C14H26N2O2. The van der Waals surface area contributed by atoms with Gasteiger partial charge in [-0.25, -0.2) is 0 Å². The Morgan fingerprint density at radius 3 is 2.72 bits per heavy atom. The van der Waals surface area contributed by atoms with Crippen molar-refractivity contribution in [1.82, 2.24) is 10.6 Å². The molecule has 0 aromatic carbocycles. The Bertz CT molecular complexity index is 309. The molecule has 1 saturated carbocycles. The standard InChI is InChI=1S/C14H26N2O2/c1-4-18-10-13(2,3)16-12(17)11-9-14(11)5-7-15-8-6-14/h11,15H,4-10H2,1-3H3,(H,16,17)/t11-/m1/s1. The maximum atomic E-state index is 12.3. The van der Waals surface area contributed by atoms with E-state index in [9.17, 15) is 4.79 Å². The van der Waals surface area contributed by atoms with Gasteiger partial charge in [0.25, 0.3) is 0 Å². The average Bonchev–Trinajstić information content (AvgIpc) is 3.01. The molecule has 18 heavy (non-hydrogen) atoms. The summed E-state index contributed by atoms with van der Waals surface area (Å²) in [5.41, 5.74) is 0.0564. The quantitative estimate of drug-likeness (QED) is 0.777. The van der Waals surface area contributed by atoms with E-state index in [0.717, 1.165) is 32.4 Å². The van der Waals surface area contributed by atoms with Gasteiger partial charge in [0, 0.05) is 12.5 Å². The van der Waals surface area contributed by atoms with Gasteiger partial charge in [-0.1, -0.05) is 0 Å². The first-order chi connectivity index (χ1) is 8.49. The number of piperidine rings is 1. The fourth-order valence-electron chi connectivity index (χ4n) is 3.01. The first kappa shape index (κ1) is 13.8. The van der Waals surface area contributed by atoms with E-state index in [1.807, 2.05) is 20.8 Å². The van der Waals surface area contributed by atoms with Crippen LogP contribution in [-0.2, 0) is 9.53 Å². The molecule has 1 amide bonds. The molecule has 0 unspecified atom stereocenters. The first-order valence-electron chi connectivity index (χ1n) is 7.10. The van der Waals surface area contributed by atoms with Crippen LogP contribution in [0.4, 0.5) is 0 Å². The van der Waals surface area contributed by atoms with Gasteiger partial charge >= 0.3 is 0 Å². The third kappa shape index (κ3) is 3.04. The highest BCUT2D eigenvalue weighted by atomic mass is 16.5. The highest BCUT2D eigenvalue weighted by Crippen LogP contribution is 2.58. The Morgan fingerprint density at radius 1 is 1.44 bits per heavy atom. The Labute approximate surface area is 110 Å². The fraction of sp³-hybridized carbons (Fsp3) is 0.929. The van der Waals surface area contributed by atoms with E-state index in [1.54, 1.807) is 0 Å². The lowest BCUT2D eigenvalue weighted by atomic mass is 9.91. The van der Waals surface area contributed by atoms with Crippen LogP contribution in [0.15, 0.2) is 0 Å². The van der Waals surface area contributed by atoms with Crippen molar-refractivity contribution in [3.8, 4) is 0 Å². The molecule has 0 radical (unpaired) electrons. The Balaban J connectivity index is 1.82. The predicted molar refractivity (Wildman–Crippen MR) is 71.4 cm³/mol. The van der Waals surface area contributed by atoms with Crippen LogP contribution in [0.25, 0.3) is 0 Å². The largest absolute Gasteiger partial charge is 0.379 e. The van der Waals surface area contributed by atoms with Gasteiger partial charge in [0.1, 0.15) is 0 Å². The maximum absolute atomic E-state index is 12.3. The molecule has 0 aromatic rings. The molecule has 0 bridgehead atoms. The molecule has 1 aliphatic heterocycles. The molecule has 0 aromatic heterocycles. The first-order valence-corrected chi connectivity index (χ1v) is 7.10. The van der Waals surface area contributed by atoms with E-state index in [4.69, 9.17) is 4.74 Å². The van der Waals surface area contributed by atoms with Crippen molar-refractivity contribution in [2.75, 3.05) is 26.3 Å². The Morgan fingerprint density at radius 2 is 2.11 bits per heavy atom. The molecule has 1 atom stereocenters. The normalized spacial score (nSPS) is 26.1. The van der Waals surface area contributed by atoms with E-state index in [0.29, 0.717) is 18.6 Å². The third-order valence-corrected chi connectivity index (χ3v) is 4.23. The maximum Gasteiger partial charge on any atom is 0.224 e. The summed E-state index contributed by atoms with van der Waals surface area (Å²) in [6.07, 6.45) is 3.37. The van der Waals surface area contributed by atoms with Gasteiger partial charge in [0.15, 0.2) is 0 Å².